The van der Waals surface area contributed by atoms with Crippen molar-refractivity contribution in [1.29, 1.82) is 0 Å². The minimum Gasteiger partial charge on any atom is -0.310 e. The summed E-state index contributed by atoms with van der Waals surface area (Å²) in [7, 11) is 0. The number of halogens is 3. The Morgan fingerprint density at radius 2 is 1.71 bits per heavy atom. The van der Waals surface area contributed by atoms with Crippen LogP contribution in [0.2, 0.25) is 0 Å². The third-order valence-electron chi connectivity index (χ3n) is 2.89. The Morgan fingerprint density at radius 3 is 2.41 bits per heavy atom. The van der Waals surface area contributed by atoms with Crippen molar-refractivity contribution >= 4 is 11.8 Å². The van der Waals surface area contributed by atoms with Crippen molar-refractivity contribution in [3.63, 3.8) is 0 Å². The van der Waals surface area contributed by atoms with Crippen molar-refractivity contribution in [2.24, 2.45) is 0 Å². The van der Waals surface area contributed by atoms with E-state index >= 15 is 0 Å². The van der Waals surface area contributed by atoms with E-state index in [1.165, 1.54) is 0 Å². The molecule has 1 aliphatic rings. The highest BCUT2D eigenvalue weighted by Crippen LogP contribution is 2.18. The van der Waals surface area contributed by atoms with Gasteiger partial charge in [0.2, 0.25) is 0 Å². The summed E-state index contributed by atoms with van der Waals surface area (Å²) in [5, 5.41) is 3.18. The molecule has 1 aromatic rings. The third kappa shape index (κ3) is 3.39. The second kappa shape index (κ2) is 5.78. The van der Waals surface area contributed by atoms with Gasteiger partial charge in [-0.25, -0.2) is 13.2 Å². The quantitative estimate of drug-likeness (QED) is 0.839. The maximum Gasteiger partial charge on any atom is 0.161 e. The van der Waals surface area contributed by atoms with Gasteiger partial charge in [-0.1, -0.05) is 0 Å². The molecule has 17 heavy (non-hydrogen) atoms. The van der Waals surface area contributed by atoms with Gasteiger partial charge < -0.3 is 5.32 Å². The van der Waals surface area contributed by atoms with E-state index in [1.807, 2.05) is 11.8 Å². The minimum absolute atomic E-state index is 0.183. The molecular formula is C12H14F3NS. The molecule has 0 spiro atoms. The Balaban J connectivity index is 1.96. The zero-order chi connectivity index (χ0) is 12.3. The summed E-state index contributed by atoms with van der Waals surface area (Å²) in [5.74, 6) is -0.639. The molecular weight excluding hydrogens is 247 g/mol. The highest BCUT2D eigenvalue weighted by molar-refractivity contribution is 7.99. The van der Waals surface area contributed by atoms with Crippen molar-refractivity contribution in [3.05, 3.63) is 35.1 Å². The topological polar surface area (TPSA) is 12.0 Å². The second-order valence-electron chi connectivity index (χ2n) is 4.13. The molecule has 1 saturated heterocycles. The van der Waals surface area contributed by atoms with Gasteiger partial charge in [-0.15, -0.1) is 0 Å². The summed E-state index contributed by atoms with van der Waals surface area (Å²) in [6, 6.07) is 1.88. The van der Waals surface area contributed by atoms with Crippen molar-refractivity contribution in [2.75, 3.05) is 11.5 Å². The fraction of sp³-hybridized carbons (Fsp3) is 0.500. The monoisotopic (exact) mass is 261 g/mol. The summed E-state index contributed by atoms with van der Waals surface area (Å²) in [6.07, 6.45) is 2.08. The molecule has 2 rings (SSSR count). The average molecular weight is 261 g/mol. The van der Waals surface area contributed by atoms with Crippen molar-refractivity contribution < 1.29 is 13.2 Å². The number of hydrogen-bond acceptors (Lipinski definition) is 2. The van der Waals surface area contributed by atoms with E-state index in [0.29, 0.717) is 12.1 Å². The molecule has 1 nitrogen and oxygen atoms in total. The van der Waals surface area contributed by atoms with Gasteiger partial charge in [0.1, 0.15) is 5.82 Å². The summed E-state index contributed by atoms with van der Waals surface area (Å²) in [6.45, 7) is 0.248. The smallest absolute Gasteiger partial charge is 0.161 e. The number of nitrogens with one attached hydrogen (secondary N) is 1. The molecule has 0 bridgehead atoms. The van der Waals surface area contributed by atoms with Gasteiger partial charge in [0.15, 0.2) is 11.6 Å². The van der Waals surface area contributed by atoms with Gasteiger partial charge in [0.25, 0.3) is 0 Å². The van der Waals surface area contributed by atoms with Crippen LogP contribution in [0, 0.1) is 17.5 Å². The Kier molecular flexibility index (Phi) is 4.34. The van der Waals surface area contributed by atoms with Crippen LogP contribution < -0.4 is 5.32 Å². The molecule has 0 aliphatic carbocycles. The normalized spacial score (nSPS) is 17.4. The fourth-order valence-corrected chi connectivity index (χ4v) is 2.96. The maximum absolute atomic E-state index is 13.3. The summed E-state index contributed by atoms with van der Waals surface area (Å²) in [5.41, 5.74) is 0.183. The van der Waals surface area contributed by atoms with E-state index in [2.05, 4.69) is 5.32 Å². The second-order valence-corrected chi connectivity index (χ2v) is 5.35. The molecule has 0 aromatic heterocycles. The molecule has 1 aliphatic heterocycles. The summed E-state index contributed by atoms with van der Waals surface area (Å²) < 4.78 is 39.0. The Labute approximate surface area is 103 Å². The van der Waals surface area contributed by atoms with E-state index in [9.17, 15) is 13.2 Å². The van der Waals surface area contributed by atoms with Crippen molar-refractivity contribution in [1.82, 2.24) is 5.32 Å². The van der Waals surface area contributed by atoms with Crippen LogP contribution in [-0.2, 0) is 6.54 Å². The lowest BCUT2D eigenvalue weighted by molar-refractivity contribution is 0.460. The van der Waals surface area contributed by atoms with Gasteiger partial charge in [-0.3, -0.25) is 0 Å². The lowest BCUT2D eigenvalue weighted by atomic mass is 10.1. The van der Waals surface area contributed by atoms with Crippen LogP contribution in [-0.4, -0.2) is 17.5 Å². The lowest BCUT2D eigenvalue weighted by Crippen LogP contribution is -2.32. The molecule has 0 amide bonds. The van der Waals surface area contributed by atoms with Crippen molar-refractivity contribution in [2.45, 2.75) is 25.4 Å². The van der Waals surface area contributed by atoms with E-state index in [0.717, 1.165) is 30.4 Å². The minimum atomic E-state index is -1.14. The molecule has 1 fully saturated rings. The zero-order valence-corrected chi connectivity index (χ0v) is 10.1. The van der Waals surface area contributed by atoms with Crippen LogP contribution in [0.4, 0.5) is 13.2 Å². The van der Waals surface area contributed by atoms with Crippen LogP contribution in [0.5, 0.6) is 0 Å². The molecule has 0 atom stereocenters. The standard InChI is InChI=1S/C12H14F3NS/c13-10-6-12(15)11(14)5-8(10)7-16-9-1-3-17-4-2-9/h5-6,9,16H,1-4,7H2. The maximum atomic E-state index is 13.3. The van der Waals surface area contributed by atoms with Crippen LogP contribution >= 0.6 is 11.8 Å². The predicted molar refractivity (Wildman–Crippen MR) is 63.5 cm³/mol. The van der Waals surface area contributed by atoms with Gasteiger partial charge in [0, 0.05) is 24.2 Å². The highest BCUT2D eigenvalue weighted by Gasteiger charge is 2.15. The largest absolute Gasteiger partial charge is 0.310 e. The van der Waals surface area contributed by atoms with Gasteiger partial charge in [-0.2, -0.15) is 11.8 Å². The highest BCUT2D eigenvalue weighted by atomic mass is 32.2. The Bertz CT molecular complexity index is 392. The van der Waals surface area contributed by atoms with E-state index in [-0.39, 0.29) is 12.1 Å². The van der Waals surface area contributed by atoms with Crippen LogP contribution in [0.1, 0.15) is 18.4 Å². The first-order valence-corrected chi connectivity index (χ1v) is 6.77. The molecule has 0 radical (unpaired) electrons. The summed E-state index contributed by atoms with van der Waals surface area (Å²) >= 11 is 1.90. The molecule has 1 heterocycles. The van der Waals surface area contributed by atoms with Gasteiger partial charge in [-0.05, 0) is 30.4 Å². The zero-order valence-electron chi connectivity index (χ0n) is 9.31. The average Bonchev–Trinajstić information content (AvgIpc) is 2.33. The molecule has 0 saturated carbocycles. The van der Waals surface area contributed by atoms with Gasteiger partial charge >= 0.3 is 0 Å². The predicted octanol–water partition coefficient (Wildman–Crippen LogP) is 3.09. The molecule has 1 N–H and O–H groups in total. The number of hydrogen-bond donors (Lipinski definition) is 1. The van der Waals surface area contributed by atoms with Gasteiger partial charge in [0.05, 0.1) is 0 Å². The molecule has 0 unspecified atom stereocenters. The Morgan fingerprint density at radius 1 is 1.06 bits per heavy atom. The number of rotatable bonds is 3. The third-order valence-corrected chi connectivity index (χ3v) is 3.94. The lowest BCUT2D eigenvalue weighted by Gasteiger charge is -2.22. The Hall–Kier alpha value is -0.680. The number of benzene rings is 1. The van der Waals surface area contributed by atoms with Crippen LogP contribution in [0.15, 0.2) is 12.1 Å². The van der Waals surface area contributed by atoms with Crippen molar-refractivity contribution in [3.8, 4) is 0 Å². The first-order chi connectivity index (χ1) is 8.16. The van der Waals surface area contributed by atoms with E-state index in [4.69, 9.17) is 0 Å². The first-order valence-electron chi connectivity index (χ1n) is 5.61. The molecule has 94 valence electrons. The fourth-order valence-electron chi connectivity index (χ4n) is 1.86. The van der Waals surface area contributed by atoms with Crippen LogP contribution in [0.3, 0.4) is 0 Å². The molecule has 1 aromatic carbocycles. The first kappa shape index (κ1) is 12.8. The number of thioether (sulfide) groups is 1. The van der Waals surface area contributed by atoms with E-state index < -0.39 is 17.5 Å². The SMILES string of the molecule is Fc1cc(F)c(CNC2CCSCC2)cc1F. The van der Waals surface area contributed by atoms with E-state index in [1.54, 1.807) is 0 Å². The molecule has 5 heteroatoms. The summed E-state index contributed by atoms with van der Waals surface area (Å²) in [4.78, 5) is 0. The van der Waals surface area contributed by atoms with Crippen LogP contribution in [0.25, 0.3) is 0 Å².